The van der Waals surface area contributed by atoms with E-state index in [1.165, 1.54) is 11.3 Å². The first-order valence-corrected chi connectivity index (χ1v) is 5.99. The Morgan fingerprint density at radius 3 is 3.06 bits per heavy atom. The minimum Gasteiger partial charge on any atom is -0.398 e. The zero-order valence-corrected chi connectivity index (χ0v) is 9.82. The Labute approximate surface area is 96.9 Å². The maximum absolute atomic E-state index is 9.33. The van der Waals surface area contributed by atoms with Crippen LogP contribution in [-0.2, 0) is 6.42 Å². The maximum atomic E-state index is 9.33. The number of anilines is 2. The lowest BCUT2D eigenvalue weighted by atomic mass is 9.99. The first kappa shape index (κ1) is 11.3. The van der Waals surface area contributed by atoms with E-state index in [9.17, 15) is 5.11 Å². The molecule has 1 aromatic carbocycles. The largest absolute Gasteiger partial charge is 0.398 e. The zero-order chi connectivity index (χ0) is 11.5. The van der Waals surface area contributed by atoms with E-state index in [4.69, 9.17) is 5.73 Å². The SMILES string of the molecule is CC(O)CCN1CCCc2c(N)cccc21. The number of fused-ring (bicyclic) bond motifs is 1. The Kier molecular flexibility index (Phi) is 3.34. The summed E-state index contributed by atoms with van der Waals surface area (Å²) in [6.45, 7) is 3.82. The van der Waals surface area contributed by atoms with E-state index < -0.39 is 0 Å². The van der Waals surface area contributed by atoms with Crippen LogP contribution in [0.15, 0.2) is 18.2 Å². The molecule has 2 rings (SSSR count). The summed E-state index contributed by atoms with van der Waals surface area (Å²) < 4.78 is 0. The van der Waals surface area contributed by atoms with Gasteiger partial charge >= 0.3 is 0 Å². The highest BCUT2D eigenvalue weighted by Gasteiger charge is 2.18. The van der Waals surface area contributed by atoms with Gasteiger partial charge in [0.2, 0.25) is 0 Å². The molecule has 1 aromatic rings. The summed E-state index contributed by atoms with van der Waals surface area (Å²) in [5.41, 5.74) is 9.42. The first-order valence-electron chi connectivity index (χ1n) is 5.99. The number of hydrogen-bond donors (Lipinski definition) is 2. The molecule has 88 valence electrons. The monoisotopic (exact) mass is 220 g/mol. The standard InChI is InChI=1S/C13H20N2O/c1-10(16)7-9-15-8-3-4-11-12(14)5-2-6-13(11)15/h2,5-6,10,16H,3-4,7-9,14H2,1H3. The quantitative estimate of drug-likeness (QED) is 0.764. The molecule has 0 amide bonds. The second-order valence-corrected chi connectivity index (χ2v) is 4.57. The fraction of sp³-hybridized carbons (Fsp3) is 0.538. The summed E-state index contributed by atoms with van der Waals surface area (Å²) in [4.78, 5) is 2.34. The van der Waals surface area contributed by atoms with E-state index >= 15 is 0 Å². The number of hydrogen-bond acceptors (Lipinski definition) is 3. The van der Waals surface area contributed by atoms with Gasteiger partial charge in [-0.2, -0.15) is 0 Å². The number of aliphatic hydroxyl groups excluding tert-OH is 1. The van der Waals surface area contributed by atoms with Gasteiger partial charge in [-0.05, 0) is 43.9 Å². The van der Waals surface area contributed by atoms with Crippen molar-refractivity contribution in [1.82, 2.24) is 0 Å². The van der Waals surface area contributed by atoms with E-state index in [-0.39, 0.29) is 6.10 Å². The summed E-state index contributed by atoms with van der Waals surface area (Å²) in [6, 6.07) is 6.11. The number of rotatable bonds is 3. The fourth-order valence-corrected chi connectivity index (χ4v) is 2.30. The first-order chi connectivity index (χ1) is 7.68. The molecular weight excluding hydrogens is 200 g/mol. The van der Waals surface area contributed by atoms with Crippen LogP contribution in [0.25, 0.3) is 0 Å². The Bertz CT molecular complexity index is 363. The number of benzene rings is 1. The summed E-state index contributed by atoms with van der Waals surface area (Å²) in [5, 5.41) is 9.33. The predicted molar refractivity (Wildman–Crippen MR) is 67.7 cm³/mol. The summed E-state index contributed by atoms with van der Waals surface area (Å²) in [7, 11) is 0. The second kappa shape index (κ2) is 4.74. The molecule has 0 spiro atoms. The van der Waals surface area contributed by atoms with Crippen LogP contribution in [0.4, 0.5) is 11.4 Å². The Balaban J connectivity index is 2.16. The van der Waals surface area contributed by atoms with Gasteiger partial charge in [0.1, 0.15) is 0 Å². The predicted octanol–water partition coefficient (Wildman–Crippen LogP) is 1.79. The molecule has 3 nitrogen and oxygen atoms in total. The molecule has 0 radical (unpaired) electrons. The molecule has 0 aromatic heterocycles. The summed E-state index contributed by atoms with van der Waals surface area (Å²) in [5.74, 6) is 0. The maximum Gasteiger partial charge on any atom is 0.0528 e. The lowest BCUT2D eigenvalue weighted by molar-refractivity contribution is 0.186. The molecule has 0 saturated heterocycles. The Morgan fingerprint density at radius 2 is 2.31 bits per heavy atom. The Morgan fingerprint density at radius 1 is 1.50 bits per heavy atom. The van der Waals surface area contributed by atoms with Gasteiger partial charge in [0, 0.05) is 24.5 Å². The third kappa shape index (κ3) is 2.30. The van der Waals surface area contributed by atoms with Gasteiger partial charge in [0.25, 0.3) is 0 Å². The van der Waals surface area contributed by atoms with Crippen molar-refractivity contribution in [3.8, 4) is 0 Å². The lowest BCUT2D eigenvalue weighted by Crippen LogP contribution is -2.32. The van der Waals surface area contributed by atoms with Crippen molar-refractivity contribution in [1.29, 1.82) is 0 Å². The van der Waals surface area contributed by atoms with Gasteiger partial charge in [0.15, 0.2) is 0 Å². The summed E-state index contributed by atoms with van der Waals surface area (Å²) >= 11 is 0. The highest BCUT2D eigenvalue weighted by Crippen LogP contribution is 2.31. The molecule has 3 N–H and O–H groups in total. The van der Waals surface area contributed by atoms with Crippen LogP contribution in [0.1, 0.15) is 25.3 Å². The van der Waals surface area contributed by atoms with Crippen LogP contribution in [-0.4, -0.2) is 24.3 Å². The molecule has 16 heavy (non-hydrogen) atoms. The van der Waals surface area contributed by atoms with Gasteiger partial charge in [0.05, 0.1) is 6.10 Å². The van der Waals surface area contributed by atoms with Crippen LogP contribution in [0.3, 0.4) is 0 Å². The van der Waals surface area contributed by atoms with Crippen LogP contribution >= 0.6 is 0 Å². The highest BCUT2D eigenvalue weighted by molar-refractivity contribution is 5.66. The topological polar surface area (TPSA) is 49.5 Å². The van der Waals surface area contributed by atoms with Crippen molar-refractivity contribution in [3.05, 3.63) is 23.8 Å². The number of aliphatic hydroxyl groups is 1. The third-order valence-electron chi connectivity index (χ3n) is 3.20. The number of nitrogens with two attached hydrogens (primary N) is 1. The van der Waals surface area contributed by atoms with Crippen LogP contribution in [0, 0.1) is 0 Å². The van der Waals surface area contributed by atoms with E-state index in [0.717, 1.165) is 38.0 Å². The van der Waals surface area contributed by atoms with Gasteiger partial charge in [-0.3, -0.25) is 0 Å². The van der Waals surface area contributed by atoms with E-state index in [1.807, 2.05) is 19.1 Å². The molecule has 1 aliphatic heterocycles. The minimum atomic E-state index is -0.230. The van der Waals surface area contributed by atoms with Crippen molar-refractivity contribution in [2.24, 2.45) is 0 Å². The van der Waals surface area contributed by atoms with E-state index in [0.29, 0.717) is 0 Å². The normalized spacial score (nSPS) is 17.0. The lowest BCUT2D eigenvalue weighted by Gasteiger charge is -2.32. The van der Waals surface area contributed by atoms with Crippen molar-refractivity contribution in [2.75, 3.05) is 23.7 Å². The molecule has 0 saturated carbocycles. The molecule has 0 bridgehead atoms. The van der Waals surface area contributed by atoms with Gasteiger partial charge < -0.3 is 15.7 Å². The Hall–Kier alpha value is -1.22. The van der Waals surface area contributed by atoms with Crippen molar-refractivity contribution in [2.45, 2.75) is 32.3 Å². The molecule has 1 aliphatic rings. The third-order valence-corrected chi connectivity index (χ3v) is 3.20. The summed E-state index contributed by atoms with van der Waals surface area (Å²) in [6.07, 6.45) is 2.81. The van der Waals surface area contributed by atoms with Crippen LogP contribution < -0.4 is 10.6 Å². The number of nitrogen functional groups attached to an aromatic ring is 1. The molecule has 3 heteroatoms. The molecular formula is C13H20N2O. The van der Waals surface area contributed by atoms with E-state index in [1.54, 1.807) is 0 Å². The van der Waals surface area contributed by atoms with Crippen molar-refractivity contribution in [3.63, 3.8) is 0 Å². The minimum absolute atomic E-state index is 0.230. The molecule has 1 atom stereocenters. The van der Waals surface area contributed by atoms with Crippen LogP contribution in [0.2, 0.25) is 0 Å². The number of nitrogens with zero attached hydrogens (tertiary/aromatic N) is 1. The highest BCUT2D eigenvalue weighted by atomic mass is 16.3. The average Bonchev–Trinajstić information content (AvgIpc) is 2.27. The fourth-order valence-electron chi connectivity index (χ4n) is 2.30. The second-order valence-electron chi connectivity index (χ2n) is 4.57. The van der Waals surface area contributed by atoms with Gasteiger partial charge in [-0.25, -0.2) is 0 Å². The average molecular weight is 220 g/mol. The smallest absolute Gasteiger partial charge is 0.0528 e. The molecule has 0 fully saturated rings. The van der Waals surface area contributed by atoms with Crippen molar-refractivity contribution >= 4 is 11.4 Å². The zero-order valence-electron chi connectivity index (χ0n) is 9.82. The van der Waals surface area contributed by atoms with E-state index in [2.05, 4.69) is 11.0 Å². The van der Waals surface area contributed by atoms with Crippen LogP contribution in [0.5, 0.6) is 0 Å². The molecule has 1 unspecified atom stereocenters. The van der Waals surface area contributed by atoms with Gasteiger partial charge in [-0.15, -0.1) is 0 Å². The van der Waals surface area contributed by atoms with Gasteiger partial charge in [-0.1, -0.05) is 6.07 Å². The van der Waals surface area contributed by atoms with Crippen molar-refractivity contribution < 1.29 is 5.11 Å². The molecule has 1 heterocycles. The molecule has 0 aliphatic carbocycles.